The minimum absolute atomic E-state index is 0.238. The first-order valence-electron chi connectivity index (χ1n) is 12.2. The standard InChI is InChI=1S/C14H23N3OS.C11H13N3OS/c1-3-4-5-6-10-18-14-13(15-19-16-14)12-8-7-9-17(2)11-12;1-3-7-15-11-10(12-16-13-11)9-5-4-6-14(2)8-9/h8H,3-7,9-11H2,1-2H3;1,5H,4,6-8H2,2H3. The van der Waals surface area contributed by atoms with Crippen molar-refractivity contribution in [1.82, 2.24) is 27.3 Å². The number of terminal acetylenes is 1. The lowest BCUT2D eigenvalue weighted by molar-refractivity contribution is 0.294. The highest BCUT2D eigenvalue weighted by Crippen LogP contribution is 2.28. The Morgan fingerprint density at radius 2 is 1.43 bits per heavy atom. The molecule has 0 saturated carbocycles. The molecule has 0 unspecified atom stereocenters. The van der Waals surface area contributed by atoms with Gasteiger partial charge < -0.3 is 19.3 Å². The molecular formula is C25H36N6O2S2. The lowest BCUT2D eigenvalue weighted by Gasteiger charge is -2.22. The lowest BCUT2D eigenvalue weighted by Crippen LogP contribution is -2.25. The number of rotatable bonds is 10. The van der Waals surface area contributed by atoms with Gasteiger partial charge in [-0.3, -0.25) is 0 Å². The van der Waals surface area contributed by atoms with Gasteiger partial charge in [0.05, 0.1) is 30.1 Å². The van der Waals surface area contributed by atoms with Crippen LogP contribution in [-0.4, -0.2) is 80.8 Å². The fourth-order valence-electron chi connectivity index (χ4n) is 3.88. The average Bonchev–Trinajstić information content (AvgIpc) is 3.53. The van der Waals surface area contributed by atoms with E-state index in [1.54, 1.807) is 0 Å². The lowest BCUT2D eigenvalue weighted by atomic mass is 10.1. The van der Waals surface area contributed by atoms with Gasteiger partial charge in [-0.25, -0.2) is 0 Å². The number of unbranched alkanes of at least 4 members (excludes halogenated alkanes) is 3. The largest absolute Gasteiger partial charge is 0.475 e. The molecule has 4 heterocycles. The monoisotopic (exact) mass is 516 g/mol. The molecule has 0 N–H and O–H groups in total. The minimum atomic E-state index is 0.238. The van der Waals surface area contributed by atoms with Gasteiger partial charge in [-0.15, -0.1) is 15.2 Å². The molecule has 0 atom stereocenters. The van der Waals surface area contributed by atoms with Crippen LogP contribution in [0.4, 0.5) is 0 Å². The summed E-state index contributed by atoms with van der Waals surface area (Å²) < 4.78 is 28.2. The van der Waals surface area contributed by atoms with Gasteiger partial charge in [0.15, 0.2) is 6.61 Å². The van der Waals surface area contributed by atoms with Crippen LogP contribution >= 0.6 is 23.5 Å². The Balaban J connectivity index is 0.000000198. The zero-order valence-electron chi connectivity index (χ0n) is 21.0. The highest BCUT2D eigenvalue weighted by molar-refractivity contribution is 6.99. The summed E-state index contributed by atoms with van der Waals surface area (Å²) in [6, 6.07) is 0. The highest BCUT2D eigenvalue weighted by Gasteiger charge is 2.19. The molecule has 190 valence electrons. The molecule has 35 heavy (non-hydrogen) atoms. The Kier molecular flexibility index (Phi) is 11.6. The number of aromatic nitrogens is 4. The van der Waals surface area contributed by atoms with E-state index in [9.17, 15) is 0 Å². The molecule has 10 heteroatoms. The fraction of sp³-hybridized carbons (Fsp3) is 0.600. The molecule has 2 aromatic rings. The molecule has 2 aliphatic heterocycles. The van der Waals surface area contributed by atoms with E-state index in [1.807, 2.05) is 0 Å². The number of ether oxygens (including phenoxy) is 2. The molecular weight excluding hydrogens is 480 g/mol. The van der Waals surface area contributed by atoms with Crippen molar-refractivity contribution in [2.45, 2.75) is 45.4 Å². The summed E-state index contributed by atoms with van der Waals surface area (Å²) >= 11 is 2.40. The second kappa shape index (κ2) is 14.9. The maximum atomic E-state index is 5.79. The third-order valence-corrected chi connectivity index (χ3v) is 6.76. The first-order valence-corrected chi connectivity index (χ1v) is 13.7. The number of likely N-dealkylation sites (N-methyl/N-ethyl adjacent to an activating group) is 2. The van der Waals surface area contributed by atoms with Gasteiger partial charge in [-0.1, -0.05) is 44.3 Å². The topological polar surface area (TPSA) is 76.5 Å². The molecule has 0 aliphatic carbocycles. The third-order valence-electron chi connectivity index (χ3n) is 5.74. The van der Waals surface area contributed by atoms with E-state index in [1.165, 1.54) is 42.1 Å². The van der Waals surface area contributed by atoms with Crippen molar-refractivity contribution in [1.29, 1.82) is 0 Å². The van der Waals surface area contributed by atoms with E-state index in [-0.39, 0.29) is 6.61 Å². The van der Waals surface area contributed by atoms with Crippen molar-refractivity contribution < 1.29 is 9.47 Å². The predicted octanol–water partition coefficient (Wildman–Crippen LogP) is 4.49. The molecule has 8 nitrogen and oxygen atoms in total. The quantitative estimate of drug-likeness (QED) is 0.338. The van der Waals surface area contributed by atoms with Crippen LogP contribution < -0.4 is 9.47 Å². The van der Waals surface area contributed by atoms with Crippen molar-refractivity contribution in [3.05, 3.63) is 23.5 Å². The fourth-order valence-corrected chi connectivity index (χ4v) is 4.94. The summed E-state index contributed by atoms with van der Waals surface area (Å²) in [6.45, 7) is 7.24. The molecule has 0 amide bonds. The van der Waals surface area contributed by atoms with Crippen LogP contribution in [0.3, 0.4) is 0 Å². The molecule has 0 bridgehead atoms. The second-order valence-electron chi connectivity index (χ2n) is 8.75. The first kappa shape index (κ1) is 27.3. The average molecular weight is 517 g/mol. The van der Waals surface area contributed by atoms with Crippen molar-refractivity contribution in [3.8, 4) is 24.1 Å². The van der Waals surface area contributed by atoms with Gasteiger partial charge in [0, 0.05) is 26.2 Å². The Morgan fingerprint density at radius 1 is 0.857 bits per heavy atom. The number of hydrogen-bond acceptors (Lipinski definition) is 10. The Hall–Kier alpha value is -2.32. The van der Waals surface area contributed by atoms with Crippen LogP contribution in [-0.2, 0) is 0 Å². The predicted molar refractivity (Wildman–Crippen MR) is 144 cm³/mol. The summed E-state index contributed by atoms with van der Waals surface area (Å²) in [5, 5.41) is 0. The molecule has 0 spiro atoms. The summed E-state index contributed by atoms with van der Waals surface area (Å²) in [4.78, 5) is 4.55. The number of hydrogen-bond donors (Lipinski definition) is 0. The minimum Gasteiger partial charge on any atom is -0.475 e. The van der Waals surface area contributed by atoms with E-state index in [0.29, 0.717) is 5.88 Å². The van der Waals surface area contributed by atoms with Crippen LogP contribution in [0.1, 0.15) is 56.8 Å². The third kappa shape index (κ3) is 8.69. The normalized spacial score (nSPS) is 16.5. The van der Waals surface area contributed by atoms with Crippen molar-refractivity contribution in [2.24, 2.45) is 0 Å². The van der Waals surface area contributed by atoms with Gasteiger partial charge in [0.2, 0.25) is 0 Å². The highest BCUT2D eigenvalue weighted by atomic mass is 32.1. The smallest absolute Gasteiger partial charge is 0.254 e. The summed E-state index contributed by atoms with van der Waals surface area (Å²) in [5.41, 5.74) is 4.22. The van der Waals surface area contributed by atoms with E-state index in [0.717, 1.165) is 81.0 Å². The molecule has 4 rings (SSSR count). The summed E-state index contributed by atoms with van der Waals surface area (Å²) in [6.07, 6.45) is 16.6. The zero-order chi connectivity index (χ0) is 24.9. The van der Waals surface area contributed by atoms with Crippen LogP contribution in [0.25, 0.3) is 11.1 Å². The zero-order valence-corrected chi connectivity index (χ0v) is 22.7. The second-order valence-corrected chi connectivity index (χ2v) is 9.81. The van der Waals surface area contributed by atoms with Crippen LogP contribution in [0.15, 0.2) is 12.2 Å². The van der Waals surface area contributed by atoms with E-state index < -0.39 is 0 Å². The first-order chi connectivity index (χ1) is 17.1. The van der Waals surface area contributed by atoms with E-state index in [4.69, 9.17) is 15.9 Å². The van der Waals surface area contributed by atoms with E-state index in [2.05, 4.69) is 66.4 Å². The SMILES string of the molecule is C#CCOc1nsnc1C1=CCCN(C)C1.CCCCCCOc1nsnc1C1=CCCN(C)C1. The molecule has 0 aromatic carbocycles. The van der Waals surface area contributed by atoms with Crippen molar-refractivity contribution in [2.75, 3.05) is 53.5 Å². The van der Waals surface area contributed by atoms with Gasteiger partial charge in [0.25, 0.3) is 11.8 Å². The van der Waals surface area contributed by atoms with Gasteiger partial charge in [-0.2, -0.15) is 8.75 Å². The summed E-state index contributed by atoms with van der Waals surface area (Å²) in [5.74, 6) is 3.71. The Labute approximate surface area is 217 Å². The maximum Gasteiger partial charge on any atom is 0.254 e. The molecule has 2 aliphatic rings. The Bertz CT molecular complexity index is 1010. The van der Waals surface area contributed by atoms with Crippen LogP contribution in [0.5, 0.6) is 11.8 Å². The van der Waals surface area contributed by atoms with Gasteiger partial charge in [-0.05, 0) is 44.5 Å². The van der Waals surface area contributed by atoms with Crippen LogP contribution in [0.2, 0.25) is 0 Å². The van der Waals surface area contributed by atoms with Crippen molar-refractivity contribution in [3.63, 3.8) is 0 Å². The molecule has 0 radical (unpaired) electrons. The van der Waals surface area contributed by atoms with Gasteiger partial charge in [0.1, 0.15) is 11.4 Å². The van der Waals surface area contributed by atoms with E-state index >= 15 is 0 Å². The number of nitrogens with zero attached hydrogens (tertiary/aromatic N) is 6. The van der Waals surface area contributed by atoms with Crippen LogP contribution in [0, 0.1) is 12.3 Å². The molecule has 0 saturated heterocycles. The maximum absolute atomic E-state index is 5.79. The summed E-state index contributed by atoms with van der Waals surface area (Å²) in [7, 11) is 4.23. The molecule has 0 fully saturated rings. The van der Waals surface area contributed by atoms with Gasteiger partial charge >= 0.3 is 0 Å². The van der Waals surface area contributed by atoms with Crippen molar-refractivity contribution >= 4 is 34.6 Å². The Morgan fingerprint density at radius 3 is 1.94 bits per heavy atom. The molecule has 2 aromatic heterocycles.